The summed E-state index contributed by atoms with van der Waals surface area (Å²) < 4.78 is 37.6. The van der Waals surface area contributed by atoms with Gasteiger partial charge in [0.25, 0.3) is 5.91 Å². The first-order valence-corrected chi connectivity index (χ1v) is 11.9. The average molecular weight is 504 g/mol. The molecule has 190 valence electrons. The van der Waals surface area contributed by atoms with Crippen molar-refractivity contribution in [1.29, 1.82) is 0 Å². The van der Waals surface area contributed by atoms with Gasteiger partial charge in [-0.25, -0.2) is 8.78 Å². The van der Waals surface area contributed by atoms with Crippen molar-refractivity contribution in [2.75, 3.05) is 7.11 Å². The highest BCUT2D eigenvalue weighted by atomic mass is 19.1. The van der Waals surface area contributed by atoms with Gasteiger partial charge in [0.2, 0.25) is 0 Å². The van der Waals surface area contributed by atoms with Crippen LogP contribution >= 0.6 is 0 Å². The number of ether oxygens (including phenoxy) is 2. The summed E-state index contributed by atoms with van der Waals surface area (Å²) in [6, 6.07) is 21.8. The number of benzene rings is 4. The summed E-state index contributed by atoms with van der Waals surface area (Å²) in [5, 5.41) is 5.21. The standard InChI is InChI=1S/C30H27F2NO4/c1-19(23-10-9-21-5-3-4-6-24(21)16-23)33-30(35)26-15-20(7-8-22(26)11-14-29(34)36-2)18-37-28-17-25(31)12-13-27(28)32/h3-10,12-13,15-17,19H,11,14,18H2,1-2H3,(H,33,35)/t19-/m1/s1. The third-order valence-corrected chi connectivity index (χ3v) is 6.15. The van der Waals surface area contributed by atoms with E-state index in [1.54, 1.807) is 18.2 Å². The number of esters is 1. The lowest BCUT2D eigenvalue weighted by atomic mass is 9.98. The van der Waals surface area contributed by atoms with Gasteiger partial charge in [0.05, 0.1) is 13.2 Å². The second kappa shape index (κ2) is 11.6. The molecule has 0 bridgehead atoms. The van der Waals surface area contributed by atoms with E-state index in [9.17, 15) is 18.4 Å². The van der Waals surface area contributed by atoms with E-state index in [0.717, 1.165) is 34.5 Å². The molecule has 1 amide bonds. The Morgan fingerprint density at radius 2 is 1.70 bits per heavy atom. The van der Waals surface area contributed by atoms with Crippen LogP contribution in [0.3, 0.4) is 0 Å². The maximum atomic E-state index is 14.0. The van der Waals surface area contributed by atoms with Crippen LogP contribution in [0.15, 0.2) is 78.9 Å². The van der Waals surface area contributed by atoms with Crippen molar-refractivity contribution in [3.05, 3.63) is 113 Å². The number of nitrogens with one attached hydrogen (secondary N) is 1. The molecule has 0 unspecified atom stereocenters. The Labute approximate surface area is 214 Å². The van der Waals surface area contributed by atoms with Crippen molar-refractivity contribution < 1.29 is 27.8 Å². The van der Waals surface area contributed by atoms with Crippen molar-refractivity contribution in [2.45, 2.75) is 32.4 Å². The van der Waals surface area contributed by atoms with Crippen LogP contribution in [0.2, 0.25) is 0 Å². The number of hydrogen-bond donors (Lipinski definition) is 1. The molecule has 0 aliphatic heterocycles. The van der Waals surface area contributed by atoms with E-state index in [-0.39, 0.29) is 36.7 Å². The van der Waals surface area contributed by atoms with Crippen molar-refractivity contribution in [1.82, 2.24) is 5.32 Å². The SMILES string of the molecule is COC(=O)CCc1ccc(COc2cc(F)ccc2F)cc1C(=O)N[C@H](C)c1ccc2ccccc2c1. The maximum absolute atomic E-state index is 14.0. The monoisotopic (exact) mass is 503 g/mol. The molecule has 0 saturated heterocycles. The van der Waals surface area contributed by atoms with Crippen LogP contribution < -0.4 is 10.1 Å². The van der Waals surface area contributed by atoms with Crippen LogP contribution in [0.1, 0.15) is 46.4 Å². The van der Waals surface area contributed by atoms with Crippen LogP contribution in [0, 0.1) is 11.6 Å². The Hall–Kier alpha value is -4.26. The minimum atomic E-state index is -0.682. The van der Waals surface area contributed by atoms with E-state index in [1.807, 2.05) is 49.4 Å². The summed E-state index contributed by atoms with van der Waals surface area (Å²) >= 11 is 0. The lowest BCUT2D eigenvalue weighted by Crippen LogP contribution is -2.28. The first-order chi connectivity index (χ1) is 17.8. The highest BCUT2D eigenvalue weighted by molar-refractivity contribution is 5.96. The number of methoxy groups -OCH3 is 1. The first kappa shape index (κ1) is 25.8. The predicted molar refractivity (Wildman–Crippen MR) is 137 cm³/mol. The number of halogens is 2. The second-order valence-corrected chi connectivity index (χ2v) is 8.73. The van der Waals surface area contributed by atoms with Gasteiger partial charge in [-0.1, -0.05) is 48.5 Å². The van der Waals surface area contributed by atoms with Gasteiger partial charge < -0.3 is 14.8 Å². The zero-order valence-electron chi connectivity index (χ0n) is 20.6. The van der Waals surface area contributed by atoms with Gasteiger partial charge in [-0.15, -0.1) is 0 Å². The molecule has 37 heavy (non-hydrogen) atoms. The van der Waals surface area contributed by atoms with Crippen LogP contribution in [0.5, 0.6) is 5.75 Å². The van der Waals surface area contributed by atoms with Gasteiger partial charge >= 0.3 is 5.97 Å². The Balaban J connectivity index is 1.55. The first-order valence-electron chi connectivity index (χ1n) is 11.9. The molecule has 4 aromatic carbocycles. The summed E-state index contributed by atoms with van der Waals surface area (Å²) in [5.74, 6) is -2.22. The molecule has 0 radical (unpaired) electrons. The third kappa shape index (κ3) is 6.50. The molecular formula is C30H27F2NO4. The third-order valence-electron chi connectivity index (χ3n) is 6.15. The van der Waals surface area contributed by atoms with Crippen LogP contribution in [0.25, 0.3) is 10.8 Å². The second-order valence-electron chi connectivity index (χ2n) is 8.73. The van der Waals surface area contributed by atoms with Crippen molar-refractivity contribution in [3.8, 4) is 5.75 Å². The van der Waals surface area contributed by atoms with E-state index < -0.39 is 11.6 Å². The minimum absolute atomic E-state index is 0.0713. The van der Waals surface area contributed by atoms with Crippen LogP contribution in [0.4, 0.5) is 8.78 Å². The van der Waals surface area contributed by atoms with Crippen LogP contribution in [-0.2, 0) is 22.6 Å². The molecule has 1 N–H and O–H groups in total. The van der Waals surface area contributed by atoms with Crippen molar-refractivity contribution in [2.24, 2.45) is 0 Å². The van der Waals surface area contributed by atoms with E-state index in [1.165, 1.54) is 7.11 Å². The molecule has 1 atom stereocenters. The molecule has 0 aliphatic rings. The number of carbonyl (C=O) groups is 2. The summed E-state index contributed by atoms with van der Waals surface area (Å²) in [6.45, 7) is 1.83. The van der Waals surface area contributed by atoms with E-state index in [2.05, 4.69) is 5.32 Å². The molecule has 5 nitrogen and oxygen atoms in total. The number of carbonyl (C=O) groups excluding carboxylic acids is 2. The van der Waals surface area contributed by atoms with Gasteiger partial charge in [-0.3, -0.25) is 9.59 Å². The van der Waals surface area contributed by atoms with E-state index in [0.29, 0.717) is 23.1 Å². The fraction of sp³-hybridized carbons (Fsp3) is 0.200. The highest BCUT2D eigenvalue weighted by Crippen LogP contribution is 2.23. The van der Waals surface area contributed by atoms with Gasteiger partial charge in [-0.2, -0.15) is 0 Å². The molecule has 0 spiro atoms. The largest absolute Gasteiger partial charge is 0.486 e. The summed E-state index contributed by atoms with van der Waals surface area (Å²) in [5.41, 5.74) is 2.57. The number of amides is 1. The topological polar surface area (TPSA) is 64.6 Å². The Morgan fingerprint density at radius 1 is 0.919 bits per heavy atom. The fourth-order valence-corrected chi connectivity index (χ4v) is 4.07. The molecule has 0 saturated carbocycles. The normalized spacial score (nSPS) is 11.7. The average Bonchev–Trinajstić information content (AvgIpc) is 2.91. The molecule has 0 heterocycles. The number of aryl methyl sites for hydroxylation is 1. The zero-order valence-corrected chi connectivity index (χ0v) is 20.6. The van der Waals surface area contributed by atoms with E-state index >= 15 is 0 Å². The molecule has 0 aliphatic carbocycles. The number of fused-ring (bicyclic) bond motifs is 1. The maximum Gasteiger partial charge on any atom is 0.305 e. The number of rotatable bonds is 9. The fourth-order valence-electron chi connectivity index (χ4n) is 4.07. The van der Waals surface area contributed by atoms with Gasteiger partial charge in [-0.05, 0) is 65.1 Å². The smallest absolute Gasteiger partial charge is 0.305 e. The summed E-state index contributed by atoms with van der Waals surface area (Å²) in [7, 11) is 1.31. The highest BCUT2D eigenvalue weighted by Gasteiger charge is 2.17. The Bertz CT molecular complexity index is 1440. The molecule has 4 rings (SSSR count). The number of hydrogen-bond acceptors (Lipinski definition) is 4. The Morgan fingerprint density at radius 3 is 2.49 bits per heavy atom. The molecule has 4 aromatic rings. The molecule has 0 fully saturated rings. The summed E-state index contributed by atoms with van der Waals surface area (Å²) in [6.07, 6.45) is 0.417. The quantitative estimate of drug-likeness (QED) is 0.273. The molecule has 7 heteroatoms. The zero-order chi connectivity index (χ0) is 26.4. The van der Waals surface area contributed by atoms with Gasteiger partial charge in [0.1, 0.15) is 12.4 Å². The van der Waals surface area contributed by atoms with Crippen molar-refractivity contribution in [3.63, 3.8) is 0 Å². The van der Waals surface area contributed by atoms with Gasteiger partial charge in [0.15, 0.2) is 11.6 Å². The van der Waals surface area contributed by atoms with Crippen molar-refractivity contribution >= 4 is 22.6 Å². The van der Waals surface area contributed by atoms with Crippen LogP contribution in [-0.4, -0.2) is 19.0 Å². The lowest BCUT2D eigenvalue weighted by molar-refractivity contribution is -0.140. The molecular weight excluding hydrogens is 476 g/mol. The van der Waals surface area contributed by atoms with Gasteiger partial charge in [0, 0.05) is 18.1 Å². The summed E-state index contributed by atoms with van der Waals surface area (Å²) in [4.78, 5) is 25.1. The predicted octanol–water partition coefficient (Wildman–Crippen LogP) is 6.29. The lowest BCUT2D eigenvalue weighted by Gasteiger charge is -2.18. The Kier molecular flexibility index (Phi) is 8.13. The molecule has 0 aromatic heterocycles. The minimum Gasteiger partial charge on any atom is -0.486 e. The van der Waals surface area contributed by atoms with E-state index in [4.69, 9.17) is 9.47 Å².